The summed E-state index contributed by atoms with van der Waals surface area (Å²) in [4.78, 5) is 12.4. The Kier molecular flexibility index (Phi) is 4.73. The van der Waals surface area contributed by atoms with Gasteiger partial charge in [-0.1, -0.05) is 30.1 Å². The van der Waals surface area contributed by atoms with Crippen LogP contribution in [0.15, 0.2) is 12.1 Å². The molecule has 1 aliphatic heterocycles. The molecular weight excluding hydrogens is 301 g/mol. The molecule has 2 N–H and O–H groups in total. The van der Waals surface area contributed by atoms with E-state index in [4.69, 9.17) is 28.9 Å². The Hall–Kier alpha value is -1.04. The van der Waals surface area contributed by atoms with Gasteiger partial charge in [0, 0.05) is 31.3 Å². The smallest absolute Gasteiger partial charge is 0.272 e. The fourth-order valence-electron chi connectivity index (χ4n) is 2.82. The lowest BCUT2D eigenvalue weighted by atomic mass is 9.90. The minimum Gasteiger partial charge on any atom is -0.365 e. The van der Waals surface area contributed by atoms with Crippen LogP contribution in [0.1, 0.15) is 19.8 Å². The zero-order valence-corrected chi connectivity index (χ0v) is 12.7. The maximum atomic E-state index is 10.8. The van der Waals surface area contributed by atoms with Crippen molar-refractivity contribution in [3.8, 4) is 0 Å². The minimum absolute atomic E-state index is 0.0990. The van der Waals surface area contributed by atoms with E-state index in [1.54, 1.807) is 0 Å². The second-order valence-electron chi connectivity index (χ2n) is 5.13. The number of nitro groups is 1. The molecule has 20 heavy (non-hydrogen) atoms. The molecule has 0 amide bonds. The second-order valence-corrected chi connectivity index (χ2v) is 5.95. The van der Waals surface area contributed by atoms with Gasteiger partial charge < -0.3 is 10.6 Å². The average molecular weight is 318 g/mol. The topological polar surface area (TPSA) is 72.4 Å². The zero-order chi connectivity index (χ0) is 14.9. The van der Waals surface area contributed by atoms with E-state index in [0.29, 0.717) is 28.2 Å². The van der Waals surface area contributed by atoms with Crippen molar-refractivity contribution in [1.82, 2.24) is 0 Å². The molecule has 2 atom stereocenters. The second kappa shape index (κ2) is 6.16. The van der Waals surface area contributed by atoms with Crippen LogP contribution in [-0.2, 0) is 0 Å². The van der Waals surface area contributed by atoms with Crippen molar-refractivity contribution in [2.24, 2.45) is 11.7 Å². The molecule has 1 heterocycles. The number of hydrogen-bond acceptors (Lipinski definition) is 4. The standard InChI is InChI=1S/C13H17Cl2N3O2/c1-8-3-2-4-17(12(8)7-16)13-10(14)5-9(18(19)20)6-11(13)15/h5-6,8,12H,2-4,7,16H2,1H3. The molecule has 0 aliphatic carbocycles. The summed E-state index contributed by atoms with van der Waals surface area (Å²) in [6.45, 7) is 3.46. The third-order valence-electron chi connectivity index (χ3n) is 3.86. The summed E-state index contributed by atoms with van der Waals surface area (Å²) in [6, 6.07) is 2.84. The van der Waals surface area contributed by atoms with Gasteiger partial charge in [-0.15, -0.1) is 0 Å². The molecule has 1 aromatic rings. The number of rotatable bonds is 3. The SMILES string of the molecule is CC1CCCN(c2c(Cl)cc([N+](=O)[O-])cc2Cl)C1CN. The lowest BCUT2D eigenvalue weighted by Gasteiger charge is -2.41. The van der Waals surface area contributed by atoms with E-state index >= 15 is 0 Å². The van der Waals surface area contributed by atoms with Gasteiger partial charge in [-0.05, 0) is 18.8 Å². The van der Waals surface area contributed by atoms with Gasteiger partial charge in [0.05, 0.1) is 20.7 Å². The average Bonchev–Trinajstić information content (AvgIpc) is 2.38. The van der Waals surface area contributed by atoms with E-state index in [-0.39, 0.29) is 11.7 Å². The number of hydrogen-bond donors (Lipinski definition) is 1. The molecule has 5 nitrogen and oxygen atoms in total. The van der Waals surface area contributed by atoms with Gasteiger partial charge in [-0.3, -0.25) is 10.1 Å². The van der Waals surface area contributed by atoms with E-state index in [1.165, 1.54) is 12.1 Å². The summed E-state index contributed by atoms with van der Waals surface area (Å²) >= 11 is 12.4. The molecule has 1 fully saturated rings. The first-order valence-corrected chi connectivity index (χ1v) is 7.31. The normalized spacial score (nSPS) is 22.9. The number of nitrogens with two attached hydrogens (primary N) is 1. The third-order valence-corrected chi connectivity index (χ3v) is 4.43. The number of nitro benzene ring substituents is 1. The van der Waals surface area contributed by atoms with E-state index in [1.807, 2.05) is 0 Å². The van der Waals surface area contributed by atoms with Crippen LogP contribution in [0.3, 0.4) is 0 Å². The molecule has 0 bridgehead atoms. The van der Waals surface area contributed by atoms with Crippen molar-refractivity contribution in [3.05, 3.63) is 32.3 Å². The van der Waals surface area contributed by atoms with Crippen LogP contribution in [0.5, 0.6) is 0 Å². The van der Waals surface area contributed by atoms with Crippen molar-refractivity contribution < 1.29 is 4.92 Å². The first-order valence-electron chi connectivity index (χ1n) is 6.55. The Morgan fingerprint density at radius 3 is 2.55 bits per heavy atom. The Morgan fingerprint density at radius 2 is 2.05 bits per heavy atom. The van der Waals surface area contributed by atoms with E-state index in [2.05, 4.69) is 11.8 Å². The van der Waals surface area contributed by atoms with Crippen molar-refractivity contribution in [2.45, 2.75) is 25.8 Å². The number of halogens is 2. The summed E-state index contributed by atoms with van der Waals surface area (Å²) in [7, 11) is 0. The molecule has 1 aliphatic rings. The molecule has 1 aromatic carbocycles. The molecule has 2 rings (SSSR count). The molecule has 7 heteroatoms. The fraction of sp³-hybridized carbons (Fsp3) is 0.538. The Labute approximate surface area is 127 Å². The van der Waals surface area contributed by atoms with E-state index in [0.717, 1.165) is 19.4 Å². The van der Waals surface area contributed by atoms with Crippen LogP contribution in [0.25, 0.3) is 0 Å². The maximum Gasteiger partial charge on any atom is 0.272 e. The summed E-state index contributed by atoms with van der Waals surface area (Å²) in [5, 5.41) is 11.4. The summed E-state index contributed by atoms with van der Waals surface area (Å²) in [6.07, 6.45) is 2.14. The Bertz CT molecular complexity index is 501. The predicted molar refractivity (Wildman–Crippen MR) is 81.7 cm³/mol. The predicted octanol–water partition coefficient (Wildman–Crippen LogP) is 3.47. The zero-order valence-electron chi connectivity index (χ0n) is 11.2. The first kappa shape index (κ1) is 15.4. The number of benzene rings is 1. The fourth-order valence-corrected chi connectivity index (χ4v) is 3.51. The lowest BCUT2D eigenvalue weighted by molar-refractivity contribution is -0.384. The summed E-state index contributed by atoms with van der Waals surface area (Å²) < 4.78 is 0. The highest BCUT2D eigenvalue weighted by atomic mass is 35.5. The van der Waals surface area contributed by atoms with Crippen LogP contribution in [0.4, 0.5) is 11.4 Å². The van der Waals surface area contributed by atoms with Gasteiger partial charge >= 0.3 is 0 Å². The van der Waals surface area contributed by atoms with Crippen molar-refractivity contribution >= 4 is 34.6 Å². The number of non-ortho nitro benzene ring substituents is 1. The highest BCUT2D eigenvalue weighted by molar-refractivity contribution is 6.39. The molecule has 0 saturated carbocycles. The molecule has 0 aromatic heterocycles. The largest absolute Gasteiger partial charge is 0.365 e. The van der Waals surface area contributed by atoms with E-state index < -0.39 is 4.92 Å². The Morgan fingerprint density at radius 1 is 1.45 bits per heavy atom. The Balaban J connectivity index is 2.43. The molecule has 2 unspecified atom stereocenters. The van der Waals surface area contributed by atoms with Gasteiger partial charge in [-0.2, -0.15) is 0 Å². The molecule has 0 spiro atoms. The van der Waals surface area contributed by atoms with Crippen LogP contribution in [0, 0.1) is 16.0 Å². The van der Waals surface area contributed by atoms with Gasteiger partial charge in [0.2, 0.25) is 0 Å². The monoisotopic (exact) mass is 317 g/mol. The van der Waals surface area contributed by atoms with Gasteiger partial charge in [-0.25, -0.2) is 0 Å². The van der Waals surface area contributed by atoms with Crippen molar-refractivity contribution in [3.63, 3.8) is 0 Å². The number of anilines is 1. The quantitative estimate of drug-likeness (QED) is 0.684. The van der Waals surface area contributed by atoms with Gasteiger partial charge in [0.1, 0.15) is 0 Å². The molecule has 1 saturated heterocycles. The highest BCUT2D eigenvalue weighted by Crippen LogP contribution is 2.40. The number of piperidine rings is 1. The van der Waals surface area contributed by atoms with E-state index in [9.17, 15) is 10.1 Å². The van der Waals surface area contributed by atoms with Crippen LogP contribution in [-0.4, -0.2) is 24.1 Å². The lowest BCUT2D eigenvalue weighted by Crippen LogP contribution is -2.49. The molecular formula is C13H17Cl2N3O2. The van der Waals surface area contributed by atoms with Gasteiger partial charge in [0.25, 0.3) is 5.69 Å². The van der Waals surface area contributed by atoms with Crippen LogP contribution >= 0.6 is 23.2 Å². The first-order chi connectivity index (χ1) is 9.45. The van der Waals surface area contributed by atoms with Crippen molar-refractivity contribution in [1.29, 1.82) is 0 Å². The maximum absolute atomic E-state index is 10.8. The molecule has 0 radical (unpaired) electrons. The summed E-state index contributed by atoms with van der Waals surface area (Å²) in [5.74, 6) is 0.441. The highest BCUT2D eigenvalue weighted by Gasteiger charge is 2.30. The van der Waals surface area contributed by atoms with Crippen LogP contribution in [0.2, 0.25) is 10.0 Å². The number of nitrogens with zero attached hydrogens (tertiary/aromatic N) is 2. The molecule has 110 valence electrons. The summed E-state index contributed by atoms with van der Waals surface area (Å²) in [5.41, 5.74) is 6.42. The van der Waals surface area contributed by atoms with Crippen LogP contribution < -0.4 is 10.6 Å². The minimum atomic E-state index is -0.499. The van der Waals surface area contributed by atoms with Crippen molar-refractivity contribution in [2.75, 3.05) is 18.0 Å². The van der Waals surface area contributed by atoms with Gasteiger partial charge in [0.15, 0.2) is 0 Å². The third kappa shape index (κ3) is 2.85.